The highest BCUT2D eigenvalue weighted by Crippen LogP contribution is 2.39. The summed E-state index contributed by atoms with van der Waals surface area (Å²) < 4.78 is 11.6. The Balaban J connectivity index is 1.70. The second kappa shape index (κ2) is 6.96. The van der Waals surface area contributed by atoms with Crippen LogP contribution in [0, 0.1) is 6.92 Å². The Morgan fingerprint density at radius 1 is 1.32 bits per heavy atom. The fourth-order valence-electron chi connectivity index (χ4n) is 3.04. The van der Waals surface area contributed by atoms with Gasteiger partial charge >= 0.3 is 0 Å². The molecule has 0 spiro atoms. The van der Waals surface area contributed by atoms with E-state index in [4.69, 9.17) is 21.1 Å². The first kappa shape index (κ1) is 17.6. The number of hydrogen-bond acceptors (Lipinski definition) is 3. The van der Waals surface area contributed by atoms with E-state index in [1.54, 1.807) is 12.1 Å². The molecular formula is C20H22ClNO3. The Hall–Kier alpha value is -2.20. The predicted molar refractivity (Wildman–Crippen MR) is 98.3 cm³/mol. The third-order valence-electron chi connectivity index (χ3n) is 4.15. The van der Waals surface area contributed by atoms with Crippen LogP contribution in [0.3, 0.4) is 0 Å². The first-order valence-electron chi connectivity index (χ1n) is 8.30. The van der Waals surface area contributed by atoms with Crippen LogP contribution in [-0.2, 0) is 4.79 Å². The number of hydrogen-bond donors (Lipinski definition) is 1. The molecule has 2 aromatic carbocycles. The van der Waals surface area contributed by atoms with E-state index in [1.807, 2.05) is 45.0 Å². The minimum atomic E-state index is -0.343. The van der Waals surface area contributed by atoms with Crippen LogP contribution in [0.25, 0.3) is 0 Å². The molecule has 3 rings (SSSR count). The van der Waals surface area contributed by atoms with Gasteiger partial charge in [0.25, 0.3) is 5.91 Å². The van der Waals surface area contributed by atoms with Crippen molar-refractivity contribution < 1.29 is 14.3 Å². The maximum Gasteiger partial charge on any atom is 0.258 e. The number of carbonyl (C=O) groups excluding carboxylic acids is 1. The predicted octanol–water partition coefficient (Wildman–Crippen LogP) is 4.45. The van der Waals surface area contributed by atoms with Gasteiger partial charge in [0.15, 0.2) is 6.61 Å². The summed E-state index contributed by atoms with van der Waals surface area (Å²) in [6, 6.07) is 13.0. The van der Waals surface area contributed by atoms with E-state index in [2.05, 4.69) is 11.4 Å². The van der Waals surface area contributed by atoms with Crippen LogP contribution < -0.4 is 14.8 Å². The van der Waals surface area contributed by atoms with Crippen molar-refractivity contribution in [3.05, 3.63) is 58.6 Å². The Bertz CT molecular complexity index is 788. The highest BCUT2D eigenvalue weighted by atomic mass is 35.5. The first-order chi connectivity index (χ1) is 11.8. The van der Waals surface area contributed by atoms with Crippen molar-refractivity contribution in [2.24, 2.45) is 0 Å². The lowest BCUT2D eigenvalue weighted by molar-refractivity contribution is -0.124. The monoisotopic (exact) mass is 359 g/mol. The molecule has 5 heteroatoms. The third-order valence-corrected chi connectivity index (χ3v) is 4.47. The normalized spacial score (nSPS) is 18.0. The van der Waals surface area contributed by atoms with E-state index in [-0.39, 0.29) is 24.2 Å². The molecule has 1 aliphatic rings. The molecule has 0 bridgehead atoms. The van der Waals surface area contributed by atoms with Gasteiger partial charge in [-0.1, -0.05) is 41.4 Å². The number of fused-ring (bicyclic) bond motifs is 1. The molecule has 0 saturated heterocycles. The van der Waals surface area contributed by atoms with E-state index in [1.165, 1.54) is 0 Å². The van der Waals surface area contributed by atoms with Crippen molar-refractivity contribution in [2.45, 2.75) is 38.8 Å². The second-order valence-electron chi connectivity index (χ2n) is 6.95. The number of rotatable bonds is 4. The molecule has 4 nitrogen and oxygen atoms in total. The topological polar surface area (TPSA) is 47.6 Å². The Kier molecular flexibility index (Phi) is 4.91. The van der Waals surface area contributed by atoms with E-state index >= 15 is 0 Å². The van der Waals surface area contributed by atoms with Crippen LogP contribution in [-0.4, -0.2) is 18.1 Å². The van der Waals surface area contributed by atoms with Crippen LogP contribution in [0.4, 0.5) is 0 Å². The van der Waals surface area contributed by atoms with Crippen LogP contribution in [0.5, 0.6) is 11.5 Å². The smallest absolute Gasteiger partial charge is 0.258 e. The SMILES string of the molecule is Cc1ccc2c(c1)C(NC(=O)COc1ccccc1Cl)CC(C)(C)O2. The number of benzene rings is 2. The quantitative estimate of drug-likeness (QED) is 0.877. The van der Waals surface area contributed by atoms with Gasteiger partial charge in [-0.05, 0) is 39.0 Å². The Morgan fingerprint density at radius 2 is 2.08 bits per heavy atom. The zero-order valence-electron chi connectivity index (χ0n) is 14.6. The number of carbonyl (C=O) groups is 1. The fraction of sp³-hybridized carbons (Fsp3) is 0.350. The molecule has 132 valence electrons. The summed E-state index contributed by atoms with van der Waals surface area (Å²) in [6.45, 7) is 5.99. The lowest BCUT2D eigenvalue weighted by Crippen LogP contribution is -2.42. The molecule has 0 aliphatic carbocycles. The number of para-hydroxylation sites is 1. The number of amides is 1. The highest BCUT2D eigenvalue weighted by molar-refractivity contribution is 6.32. The number of halogens is 1. The molecule has 1 aliphatic heterocycles. The molecule has 1 unspecified atom stereocenters. The van der Waals surface area contributed by atoms with Gasteiger partial charge in [0, 0.05) is 12.0 Å². The summed E-state index contributed by atoms with van der Waals surface area (Å²) in [5, 5.41) is 3.55. The van der Waals surface area contributed by atoms with Gasteiger partial charge in [-0.3, -0.25) is 4.79 Å². The van der Waals surface area contributed by atoms with Gasteiger partial charge in [0.1, 0.15) is 17.1 Å². The molecule has 2 aromatic rings. The summed E-state index contributed by atoms with van der Waals surface area (Å²) >= 11 is 6.05. The van der Waals surface area contributed by atoms with Crippen LogP contribution in [0.1, 0.15) is 37.4 Å². The lowest BCUT2D eigenvalue weighted by atomic mass is 9.89. The lowest BCUT2D eigenvalue weighted by Gasteiger charge is -2.38. The van der Waals surface area contributed by atoms with Gasteiger partial charge in [-0.15, -0.1) is 0 Å². The molecule has 0 aromatic heterocycles. The minimum Gasteiger partial charge on any atom is -0.487 e. The number of aryl methyl sites for hydroxylation is 1. The van der Waals surface area contributed by atoms with Crippen molar-refractivity contribution in [1.82, 2.24) is 5.32 Å². The molecule has 0 fully saturated rings. The van der Waals surface area contributed by atoms with Gasteiger partial charge in [-0.25, -0.2) is 0 Å². The zero-order chi connectivity index (χ0) is 18.0. The average Bonchev–Trinajstić information content (AvgIpc) is 2.54. The standard InChI is InChI=1S/C20H22ClNO3/c1-13-8-9-17-14(10-13)16(11-20(2,3)25-17)22-19(23)12-24-18-7-5-4-6-15(18)21/h4-10,16H,11-12H2,1-3H3,(H,22,23). The highest BCUT2D eigenvalue weighted by Gasteiger charge is 2.34. The van der Waals surface area contributed by atoms with Crippen molar-refractivity contribution in [1.29, 1.82) is 0 Å². The van der Waals surface area contributed by atoms with Crippen molar-refractivity contribution in [2.75, 3.05) is 6.61 Å². The molecule has 1 atom stereocenters. The van der Waals surface area contributed by atoms with Crippen LogP contribution in [0.15, 0.2) is 42.5 Å². The first-order valence-corrected chi connectivity index (χ1v) is 8.68. The maximum absolute atomic E-state index is 12.4. The van der Waals surface area contributed by atoms with Crippen molar-refractivity contribution in [3.63, 3.8) is 0 Å². The third kappa shape index (κ3) is 4.26. The average molecular weight is 360 g/mol. The van der Waals surface area contributed by atoms with E-state index < -0.39 is 0 Å². The Labute approximate surface area is 153 Å². The molecule has 0 radical (unpaired) electrons. The minimum absolute atomic E-state index is 0.0807. The summed E-state index contributed by atoms with van der Waals surface area (Å²) in [7, 11) is 0. The van der Waals surface area contributed by atoms with Crippen molar-refractivity contribution in [3.8, 4) is 11.5 Å². The summed E-state index contributed by atoms with van der Waals surface area (Å²) in [4.78, 5) is 12.4. The summed E-state index contributed by atoms with van der Waals surface area (Å²) in [5.41, 5.74) is 1.79. The second-order valence-corrected chi connectivity index (χ2v) is 7.35. The molecule has 1 amide bonds. The van der Waals surface area contributed by atoms with Gasteiger partial charge < -0.3 is 14.8 Å². The maximum atomic E-state index is 12.4. The molecule has 1 N–H and O–H groups in total. The molecule has 25 heavy (non-hydrogen) atoms. The summed E-state index contributed by atoms with van der Waals surface area (Å²) in [5.74, 6) is 1.14. The van der Waals surface area contributed by atoms with Gasteiger partial charge in [-0.2, -0.15) is 0 Å². The molecule has 0 saturated carbocycles. The Morgan fingerprint density at radius 3 is 2.84 bits per heavy atom. The van der Waals surface area contributed by atoms with Crippen LogP contribution in [0.2, 0.25) is 5.02 Å². The molecular weight excluding hydrogens is 338 g/mol. The van der Waals surface area contributed by atoms with E-state index in [0.717, 1.165) is 16.9 Å². The largest absolute Gasteiger partial charge is 0.487 e. The zero-order valence-corrected chi connectivity index (χ0v) is 15.4. The fourth-order valence-corrected chi connectivity index (χ4v) is 3.23. The number of nitrogens with one attached hydrogen (secondary N) is 1. The van der Waals surface area contributed by atoms with E-state index in [9.17, 15) is 4.79 Å². The van der Waals surface area contributed by atoms with Gasteiger partial charge in [0.2, 0.25) is 0 Å². The number of ether oxygens (including phenoxy) is 2. The van der Waals surface area contributed by atoms with Crippen molar-refractivity contribution >= 4 is 17.5 Å². The van der Waals surface area contributed by atoms with Crippen LogP contribution >= 0.6 is 11.6 Å². The molecule has 1 heterocycles. The van der Waals surface area contributed by atoms with Gasteiger partial charge in [0.05, 0.1) is 11.1 Å². The van der Waals surface area contributed by atoms with E-state index in [0.29, 0.717) is 17.2 Å². The summed E-state index contributed by atoms with van der Waals surface area (Å²) in [6.07, 6.45) is 0.696.